The average molecular weight is 281 g/mol. The van der Waals surface area contributed by atoms with Crippen LogP contribution in [-0.4, -0.2) is 23.4 Å². The molecule has 104 valence electrons. The van der Waals surface area contributed by atoms with Crippen molar-refractivity contribution in [3.8, 4) is 0 Å². The van der Waals surface area contributed by atoms with Crippen molar-refractivity contribution >= 4 is 17.5 Å². The summed E-state index contributed by atoms with van der Waals surface area (Å²) in [5.74, 6) is 0.214. The van der Waals surface area contributed by atoms with E-state index >= 15 is 0 Å². The molecule has 2 N–H and O–H groups in total. The van der Waals surface area contributed by atoms with E-state index in [1.807, 2.05) is 43.0 Å². The van der Waals surface area contributed by atoms with Crippen molar-refractivity contribution < 1.29 is 4.79 Å². The quantitative estimate of drug-likeness (QED) is 0.925. The lowest BCUT2D eigenvalue weighted by Crippen LogP contribution is -2.46. The minimum absolute atomic E-state index is 0.0532. The lowest BCUT2D eigenvalue weighted by atomic mass is 10.0. The Morgan fingerprint density at radius 1 is 1.47 bits per heavy atom. The summed E-state index contributed by atoms with van der Waals surface area (Å²) in [5, 5.41) is 0.713. The first kappa shape index (κ1) is 14.4. The van der Waals surface area contributed by atoms with Gasteiger partial charge < -0.3 is 10.6 Å². The van der Waals surface area contributed by atoms with Crippen molar-refractivity contribution in [2.24, 2.45) is 11.7 Å². The predicted molar refractivity (Wildman–Crippen MR) is 78.0 cm³/mol. The molecule has 1 aliphatic rings. The second-order valence-corrected chi connectivity index (χ2v) is 5.95. The van der Waals surface area contributed by atoms with Gasteiger partial charge in [0.2, 0.25) is 5.91 Å². The van der Waals surface area contributed by atoms with E-state index < -0.39 is 6.04 Å². The normalized spacial score (nSPS) is 20.9. The molecule has 0 aromatic heterocycles. The third kappa shape index (κ3) is 3.10. The molecular formula is C15H21ClN2O. The van der Waals surface area contributed by atoms with Crippen molar-refractivity contribution in [1.29, 1.82) is 0 Å². The van der Waals surface area contributed by atoms with Gasteiger partial charge in [0.1, 0.15) is 0 Å². The molecule has 0 radical (unpaired) electrons. The summed E-state index contributed by atoms with van der Waals surface area (Å²) in [6, 6.07) is 7.46. The van der Waals surface area contributed by atoms with E-state index in [1.54, 1.807) is 0 Å². The molecular weight excluding hydrogens is 260 g/mol. The number of hydrogen-bond donors (Lipinski definition) is 1. The van der Waals surface area contributed by atoms with Crippen LogP contribution in [0.5, 0.6) is 0 Å². The monoisotopic (exact) mass is 280 g/mol. The summed E-state index contributed by atoms with van der Waals surface area (Å²) in [7, 11) is 0. The molecule has 0 bridgehead atoms. The van der Waals surface area contributed by atoms with Gasteiger partial charge in [-0.05, 0) is 36.5 Å². The van der Waals surface area contributed by atoms with Crippen LogP contribution in [0.4, 0.5) is 0 Å². The summed E-state index contributed by atoms with van der Waals surface area (Å²) in [6.45, 7) is 4.75. The van der Waals surface area contributed by atoms with Gasteiger partial charge >= 0.3 is 0 Å². The van der Waals surface area contributed by atoms with Crippen LogP contribution in [-0.2, 0) is 4.79 Å². The van der Waals surface area contributed by atoms with Gasteiger partial charge in [0.05, 0.1) is 12.1 Å². The Kier molecular flexibility index (Phi) is 4.48. The van der Waals surface area contributed by atoms with Gasteiger partial charge in [-0.1, -0.05) is 37.6 Å². The van der Waals surface area contributed by atoms with Gasteiger partial charge in [-0.25, -0.2) is 0 Å². The zero-order valence-electron chi connectivity index (χ0n) is 11.5. The highest BCUT2D eigenvalue weighted by molar-refractivity contribution is 6.30. The summed E-state index contributed by atoms with van der Waals surface area (Å²) >= 11 is 6.04. The van der Waals surface area contributed by atoms with Crippen LogP contribution in [0.2, 0.25) is 5.02 Å². The van der Waals surface area contributed by atoms with Crippen LogP contribution >= 0.6 is 11.6 Å². The second kappa shape index (κ2) is 5.93. The van der Waals surface area contributed by atoms with Crippen LogP contribution in [0.25, 0.3) is 0 Å². The molecule has 1 saturated heterocycles. The summed E-state index contributed by atoms with van der Waals surface area (Å²) in [5.41, 5.74) is 7.10. The van der Waals surface area contributed by atoms with Crippen molar-refractivity contribution in [2.45, 2.75) is 38.8 Å². The number of likely N-dealkylation sites (tertiary alicyclic amines) is 1. The fourth-order valence-corrected chi connectivity index (χ4v) is 2.77. The first-order chi connectivity index (χ1) is 9.00. The third-order valence-electron chi connectivity index (χ3n) is 3.77. The van der Waals surface area contributed by atoms with Gasteiger partial charge in [0.25, 0.3) is 0 Å². The molecule has 1 aromatic carbocycles. The number of benzene rings is 1. The molecule has 0 spiro atoms. The number of amides is 1. The molecule has 19 heavy (non-hydrogen) atoms. The van der Waals surface area contributed by atoms with E-state index in [0.717, 1.165) is 24.9 Å². The van der Waals surface area contributed by atoms with E-state index in [-0.39, 0.29) is 17.9 Å². The molecule has 2 rings (SSSR count). The minimum atomic E-state index is -0.417. The zero-order chi connectivity index (χ0) is 14.0. The fraction of sp³-hybridized carbons (Fsp3) is 0.533. The molecule has 1 aliphatic heterocycles. The molecule has 0 aliphatic carbocycles. The lowest BCUT2D eigenvalue weighted by Gasteiger charge is -2.29. The molecule has 1 aromatic rings. The Labute approximate surface area is 119 Å². The molecule has 2 atom stereocenters. The summed E-state index contributed by atoms with van der Waals surface area (Å²) in [6.07, 6.45) is 2.00. The molecule has 0 saturated carbocycles. The fourth-order valence-electron chi connectivity index (χ4n) is 2.57. The highest BCUT2D eigenvalue weighted by Gasteiger charge is 2.33. The van der Waals surface area contributed by atoms with E-state index in [0.29, 0.717) is 5.02 Å². The minimum Gasteiger partial charge on any atom is -0.334 e. The number of halogens is 1. The van der Waals surface area contributed by atoms with Gasteiger partial charge in [0.15, 0.2) is 0 Å². The van der Waals surface area contributed by atoms with Gasteiger partial charge in [0, 0.05) is 11.6 Å². The molecule has 3 nitrogen and oxygen atoms in total. The Morgan fingerprint density at radius 3 is 2.84 bits per heavy atom. The Bertz CT molecular complexity index is 461. The van der Waals surface area contributed by atoms with Crippen LogP contribution in [0.3, 0.4) is 0 Å². The Balaban J connectivity index is 2.19. The third-order valence-corrected chi connectivity index (χ3v) is 4.01. The number of carbonyl (C=O) groups is 1. The Morgan fingerprint density at radius 2 is 2.21 bits per heavy atom. The molecule has 1 heterocycles. The van der Waals surface area contributed by atoms with Crippen LogP contribution < -0.4 is 5.73 Å². The van der Waals surface area contributed by atoms with Crippen molar-refractivity contribution in [3.63, 3.8) is 0 Å². The van der Waals surface area contributed by atoms with E-state index in [2.05, 4.69) is 0 Å². The van der Waals surface area contributed by atoms with Gasteiger partial charge in [-0.15, -0.1) is 0 Å². The molecule has 1 fully saturated rings. The maximum atomic E-state index is 12.4. The predicted octanol–water partition coefficient (Wildman–Crippen LogP) is 2.99. The van der Waals surface area contributed by atoms with Crippen molar-refractivity contribution in [2.75, 3.05) is 6.54 Å². The summed E-state index contributed by atoms with van der Waals surface area (Å²) in [4.78, 5) is 14.3. The SMILES string of the molecule is CC(C)C(N)C(=O)N1CCCC1c1cccc(Cl)c1. The average Bonchev–Trinajstić information content (AvgIpc) is 2.86. The van der Waals surface area contributed by atoms with Crippen LogP contribution in [0.1, 0.15) is 38.3 Å². The van der Waals surface area contributed by atoms with E-state index in [1.165, 1.54) is 0 Å². The zero-order valence-corrected chi connectivity index (χ0v) is 12.2. The van der Waals surface area contributed by atoms with Crippen molar-refractivity contribution in [3.05, 3.63) is 34.9 Å². The molecule has 2 unspecified atom stereocenters. The summed E-state index contributed by atoms with van der Waals surface area (Å²) < 4.78 is 0. The molecule has 1 amide bonds. The van der Waals surface area contributed by atoms with E-state index in [9.17, 15) is 4.79 Å². The number of nitrogens with zero attached hydrogens (tertiary/aromatic N) is 1. The van der Waals surface area contributed by atoms with Crippen molar-refractivity contribution in [1.82, 2.24) is 4.90 Å². The van der Waals surface area contributed by atoms with Crippen LogP contribution in [0, 0.1) is 5.92 Å². The van der Waals surface area contributed by atoms with Crippen LogP contribution in [0.15, 0.2) is 24.3 Å². The topological polar surface area (TPSA) is 46.3 Å². The number of nitrogens with two attached hydrogens (primary N) is 1. The number of rotatable bonds is 3. The maximum Gasteiger partial charge on any atom is 0.240 e. The van der Waals surface area contributed by atoms with Gasteiger partial charge in [-0.3, -0.25) is 4.79 Å². The smallest absolute Gasteiger partial charge is 0.240 e. The van der Waals surface area contributed by atoms with E-state index in [4.69, 9.17) is 17.3 Å². The Hall–Kier alpha value is -1.06. The number of carbonyl (C=O) groups excluding carboxylic acids is 1. The first-order valence-corrected chi connectivity index (χ1v) is 7.20. The largest absolute Gasteiger partial charge is 0.334 e. The first-order valence-electron chi connectivity index (χ1n) is 6.82. The highest BCUT2D eigenvalue weighted by atomic mass is 35.5. The highest BCUT2D eigenvalue weighted by Crippen LogP contribution is 2.33. The maximum absolute atomic E-state index is 12.4. The van der Waals surface area contributed by atoms with Gasteiger partial charge in [-0.2, -0.15) is 0 Å². The second-order valence-electron chi connectivity index (χ2n) is 5.51. The number of hydrogen-bond acceptors (Lipinski definition) is 2. The molecule has 4 heteroatoms. The standard InChI is InChI=1S/C15H21ClN2O/c1-10(2)14(17)15(19)18-8-4-7-13(18)11-5-3-6-12(16)9-11/h3,5-6,9-10,13-14H,4,7-8,17H2,1-2H3. The lowest BCUT2D eigenvalue weighted by molar-refractivity contribution is -0.134.